The lowest BCUT2D eigenvalue weighted by Crippen LogP contribution is -2.42. The van der Waals surface area contributed by atoms with Crippen LogP contribution in [0.3, 0.4) is 0 Å². The average Bonchev–Trinajstić information content (AvgIpc) is 3.84. The summed E-state index contributed by atoms with van der Waals surface area (Å²) in [5, 5.41) is 12.0. The van der Waals surface area contributed by atoms with Crippen LogP contribution in [0, 0.1) is 35.4 Å². The number of hydrogen-bond acceptors (Lipinski definition) is 10. The molecule has 0 spiro atoms. The number of hydrogen-bond donors (Lipinski definition) is 1. The minimum absolute atomic E-state index is 0.105. The Morgan fingerprint density at radius 3 is 2.65 bits per heavy atom. The van der Waals surface area contributed by atoms with Gasteiger partial charge >= 0.3 is 5.97 Å². The Labute approximate surface area is 322 Å². The standard InChI is InChI=1S/C41H55FN2O8S2/c1-26(2)17-38-43-33-19-30-25-53-16-8-6-4-3-5-7-14-44(54(47,48)37(30)22-36(33)51-38)23-34(45)28(18-27-9-11-31(42)12-10-27)21-39(46)52-35-20-29-24-50-41-40(29)32(35)13-15-49-41/h9-12,19,22,26,28-29,32,34-35,40-41,45H,3-8,13-18,20-21,23-25H2,1-2H3/t28-,29+,32+,34-,35+,40-,41-/m1/s1. The van der Waals surface area contributed by atoms with E-state index in [0.717, 1.165) is 49.8 Å². The molecule has 3 aromatic rings. The summed E-state index contributed by atoms with van der Waals surface area (Å²) >= 11 is 1.72. The van der Waals surface area contributed by atoms with Crippen molar-refractivity contribution in [2.75, 3.05) is 32.1 Å². The predicted molar refractivity (Wildman–Crippen MR) is 205 cm³/mol. The molecule has 1 aromatic heterocycles. The van der Waals surface area contributed by atoms with E-state index in [2.05, 4.69) is 13.8 Å². The molecular weight excluding hydrogens is 732 g/mol. The Morgan fingerprint density at radius 2 is 1.85 bits per heavy atom. The molecule has 10 nitrogen and oxygen atoms in total. The van der Waals surface area contributed by atoms with Crippen LogP contribution in [0.2, 0.25) is 0 Å². The van der Waals surface area contributed by atoms with E-state index >= 15 is 0 Å². The number of β-amino-alcohol motifs (C(OH)–C–C–N with tert-alkyl or cyclic N) is 1. The summed E-state index contributed by atoms with van der Waals surface area (Å²) in [5.41, 5.74) is 2.47. The van der Waals surface area contributed by atoms with Gasteiger partial charge in [0.25, 0.3) is 0 Å². The zero-order chi connectivity index (χ0) is 37.8. The van der Waals surface area contributed by atoms with Crippen molar-refractivity contribution < 1.29 is 41.3 Å². The number of aliphatic hydroxyl groups is 1. The van der Waals surface area contributed by atoms with Crippen LogP contribution in [0.15, 0.2) is 45.7 Å². The third kappa shape index (κ3) is 9.35. The third-order valence-corrected chi connectivity index (χ3v) is 14.7. The van der Waals surface area contributed by atoms with Crippen LogP contribution in [-0.2, 0) is 47.6 Å². The van der Waals surface area contributed by atoms with Gasteiger partial charge in [0, 0.05) is 49.1 Å². The number of carbonyl (C=O) groups excluding carboxylic acids is 1. The Kier molecular flexibility index (Phi) is 13.0. The van der Waals surface area contributed by atoms with Gasteiger partial charge in [0.05, 0.1) is 30.6 Å². The molecule has 7 atom stereocenters. The van der Waals surface area contributed by atoms with Gasteiger partial charge in [-0.05, 0) is 79.0 Å². The number of oxazole rings is 1. The summed E-state index contributed by atoms with van der Waals surface area (Å²) in [6.07, 6.45) is 6.43. The second kappa shape index (κ2) is 17.7. The monoisotopic (exact) mass is 786 g/mol. The van der Waals surface area contributed by atoms with Crippen LogP contribution in [-0.4, -0.2) is 79.3 Å². The van der Waals surface area contributed by atoms with Gasteiger partial charge in [-0.1, -0.05) is 51.7 Å². The highest BCUT2D eigenvalue weighted by molar-refractivity contribution is 7.98. The molecule has 4 aliphatic rings. The highest BCUT2D eigenvalue weighted by Gasteiger charge is 2.55. The van der Waals surface area contributed by atoms with Crippen LogP contribution < -0.4 is 0 Å². The number of aromatic nitrogens is 1. The Morgan fingerprint density at radius 1 is 1.07 bits per heavy atom. The van der Waals surface area contributed by atoms with Crippen LogP contribution in [0.5, 0.6) is 0 Å². The maximum absolute atomic E-state index is 14.8. The molecule has 4 heterocycles. The van der Waals surface area contributed by atoms with Crippen molar-refractivity contribution in [3.8, 4) is 0 Å². The smallest absolute Gasteiger partial charge is 0.306 e. The van der Waals surface area contributed by atoms with E-state index in [0.29, 0.717) is 66.7 Å². The molecule has 1 saturated carbocycles. The van der Waals surface area contributed by atoms with Gasteiger partial charge < -0.3 is 23.7 Å². The second-order valence-electron chi connectivity index (χ2n) is 16.2. The zero-order valence-electron chi connectivity index (χ0n) is 31.5. The molecule has 54 heavy (non-hydrogen) atoms. The predicted octanol–water partition coefficient (Wildman–Crippen LogP) is 7.29. The number of benzene rings is 2. The summed E-state index contributed by atoms with van der Waals surface area (Å²) in [7, 11) is -4.13. The van der Waals surface area contributed by atoms with Gasteiger partial charge in [-0.2, -0.15) is 16.1 Å². The molecule has 7 rings (SSSR count). The van der Waals surface area contributed by atoms with Crippen LogP contribution in [0.4, 0.5) is 4.39 Å². The first-order valence-corrected chi connectivity index (χ1v) is 22.5. The van der Waals surface area contributed by atoms with Gasteiger partial charge in [0.2, 0.25) is 10.0 Å². The highest BCUT2D eigenvalue weighted by atomic mass is 32.2. The number of esters is 1. The molecule has 1 N–H and O–H groups in total. The quantitative estimate of drug-likeness (QED) is 0.209. The zero-order valence-corrected chi connectivity index (χ0v) is 33.1. The Balaban J connectivity index is 1.15. The first-order valence-electron chi connectivity index (χ1n) is 19.9. The first-order chi connectivity index (χ1) is 26.0. The normalized spacial score (nSPS) is 27.6. The van der Waals surface area contributed by atoms with Crippen molar-refractivity contribution >= 4 is 38.9 Å². The molecule has 0 bridgehead atoms. The van der Waals surface area contributed by atoms with E-state index in [-0.39, 0.29) is 66.8 Å². The van der Waals surface area contributed by atoms with Crippen LogP contribution >= 0.6 is 11.8 Å². The first kappa shape index (κ1) is 39.7. The van der Waals surface area contributed by atoms with Crippen molar-refractivity contribution in [2.45, 2.75) is 114 Å². The minimum Gasteiger partial charge on any atom is -0.462 e. The lowest BCUT2D eigenvalue weighted by atomic mass is 9.86. The number of nitrogens with zero attached hydrogens (tertiary/aromatic N) is 2. The van der Waals surface area contributed by atoms with Crippen molar-refractivity contribution in [2.24, 2.45) is 29.6 Å². The van der Waals surface area contributed by atoms with Crippen molar-refractivity contribution in [3.05, 3.63) is 59.2 Å². The number of ether oxygens (including phenoxy) is 3. The Hall–Kier alpha value is -2.55. The van der Waals surface area contributed by atoms with Gasteiger partial charge in [-0.25, -0.2) is 17.8 Å². The molecule has 0 amide bonds. The molecule has 0 radical (unpaired) electrons. The molecular formula is C41H55FN2O8S2. The van der Waals surface area contributed by atoms with Crippen molar-refractivity contribution in [3.63, 3.8) is 0 Å². The van der Waals surface area contributed by atoms with E-state index in [1.165, 1.54) is 16.4 Å². The van der Waals surface area contributed by atoms with E-state index in [1.807, 2.05) is 6.07 Å². The Bertz CT molecular complexity index is 1830. The average molecular weight is 787 g/mol. The molecule has 0 unspecified atom stereocenters. The van der Waals surface area contributed by atoms with Gasteiger partial charge in [0.15, 0.2) is 17.8 Å². The fraction of sp³-hybridized carbons (Fsp3) is 0.659. The fourth-order valence-electron chi connectivity index (χ4n) is 8.88. The second-order valence-corrected chi connectivity index (χ2v) is 19.2. The number of fused-ring (bicyclic) bond motifs is 2. The van der Waals surface area contributed by atoms with Gasteiger partial charge in [-0.3, -0.25) is 4.79 Å². The molecule has 296 valence electrons. The van der Waals surface area contributed by atoms with Crippen molar-refractivity contribution in [1.29, 1.82) is 0 Å². The topological polar surface area (TPSA) is 128 Å². The third-order valence-electron chi connectivity index (χ3n) is 11.7. The molecule has 2 aromatic carbocycles. The summed E-state index contributed by atoms with van der Waals surface area (Å²) in [5.74, 6) is 1.52. The largest absolute Gasteiger partial charge is 0.462 e. The molecule has 1 aliphatic carbocycles. The number of aliphatic hydroxyl groups excluding tert-OH is 1. The minimum atomic E-state index is -4.13. The SMILES string of the molecule is CC(C)Cc1nc2cc3c(cc2o1)S(=O)(=O)N(C[C@@H](O)[C@@H](CC(=O)O[C@H]1C[C@H]2CO[C@H]4OCC[C@@H]1[C@@H]24)Cc1ccc(F)cc1)CCCCCCCCSC3. The van der Waals surface area contributed by atoms with E-state index < -0.39 is 28.0 Å². The van der Waals surface area contributed by atoms with E-state index in [1.54, 1.807) is 30.0 Å². The molecule has 13 heteroatoms. The number of halogens is 1. The fourth-order valence-corrected chi connectivity index (χ4v) is 11.7. The number of rotatable bonds is 10. The van der Waals surface area contributed by atoms with Gasteiger partial charge in [0.1, 0.15) is 17.4 Å². The molecule has 3 fully saturated rings. The van der Waals surface area contributed by atoms with E-state index in [4.69, 9.17) is 23.6 Å². The van der Waals surface area contributed by atoms with Crippen LogP contribution in [0.25, 0.3) is 11.1 Å². The van der Waals surface area contributed by atoms with Crippen LogP contribution in [0.1, 0.15) is 88.7 Å². The number of thioether (sulfide) groups is 1. The van der Waals surface area contributed by atoms with E-state index in [9.17, 15) is 22.7 Å². The lowest BCUT2D eigenvalue weighted by molar-refractivity contribution is -0.182. The summed E-state index contributed by atoms with van der Waals surface area (Å²) in [6, 6.07) is 9.46. The van der Waals surface area contributed by atoms with Crippen molar-refractivity contribution in [1.82, 2.24) is 9.29 Å². The summed E-state index contributed by atoms with van der Waals surface area (Å²) in [4.78, 5) is 18.6. The molecule has 2 saturated heterocycles. The number of carbonyl (C=O) groups is 1. The summed E-state index contributed by atoms with van der Waals surface area (Å²) in [6.45, 7) is 5.35. The maximum atomic E-state index is 14.8. The number of sulfonamides is 1. The lowest BCUT2D eigenvalue weighted by Gasteiger charge is -2.33. The maximum Gasteiger partial charge on any atom is 0.306 e. The summed E-state index contributed by atoms with van der Waals surface area (Å²) < 4.78 is 68.8. The highest BCUT2D eigenvalue weighted by Crippen LogP contribution is 2.50. The van der Waals surface area contributed by atoms with Gasteiger partial charge in [-0.15, -0.1) is 0 Å². The molecule has 3 aliphatic heterocycles.